The molecule has 0 aliphatic carbocycles. The number of nitrogens with one attached hydrogen (secondary N) is 1. The first-order chi connectivity index (χ1) is 14.3. The summed E-state index contributed by atoms with van der Waals surface area (Å²) in [5.74, 6) is -0.962. The Morgan fingerprint density at radius 1 is 1.17 bits per heavy atom. The molecular weight excluding hydrogens is 390 g/mol. The molecule has 2 aromatic carbocycles. The van der Waals surface area contributed by atoms with E-state index in [0.717, 1.165) is 5.56 Å². The van der Waals surface area contributed by atoms with Crippen LogP contribution >= 0.6 is 0 Å². The smallest absolute Gasteiger partial charge is 0.336 e. The molecule has 0 bridgehead atoms. The summed E-state index contributed by atoms with van der Waals surface area (Å²) in [7, 11) is 1.58. The SMILES string of the molecule is COc1ccc(-c2cc(=O)oc3c(C)c(OCC(=O)N[C@@H](C)C(=O)[O-])ccc23)cc1. The van der Waals surface area contributed by atoms with E-state index >= 15 is 0 Å². The van der Waals surface area contributed by atoms with Crippen molar-refractivity contribution in [3.8, 4) is 22.6 Å². The van der Waals surface area contributed by atoms with E-state index in [9.17, 15) is 19.5 Å². The lowest BCUT2D eigenvalue weighted by Crippen LogP contribution is -2.47. The minimum absolute atomic E-state index is 0.341. The molecule has 0 fully saturated rings. The normalized spacial score (nSPS) is 11.7. The highest BCUT2D eigenvalue weighted by Gasteiger charge is 2.15. The first kappa shape index (κ1) is 20.9. The second-order valence-corrected chi connectivity index (χ2v) is 6.67. The van der Waals surface area contributed by atoms with Crippen molar-refractivity contribution in [2.24, 2.45) is 0 Å². The Balaban J connectivity index is 1.91. The first-order valence-corrected chi connectivity index (χ1v) is 9.15. The third kappa shape index (κ3) is 4.43. The van der Waals surface area contributed by atoms with Crippen molar-refractivity contribution in [3.63, 3.8) is 0 Å². The number of carbonyl (C=O) groups is 2. The average Bonchev–Trinajstić information content (AvgIpc) is 2.73. The number of amides is 1. The van der Waals surface area contributed by atoms with Crippen LogP contribution in [0.25, 0.3) is 22.1 Å². The number of carboxylic acids is 1. The van der Waals surface area contributed by atoms with Gasteiger partial charge in [-0.3, -0.25) is 4.79 Å². The summed E-state index contributed by atoms with van der Waals surface area (Å²) in [5.41, 5.74) is 1.88. The maximum atomic E-state index is 12.2. The molecule has 0 spiro atoms. The van der Waals surface area contributed by atoms with Crippen molar-refractivity contribution >= 4 is 22.8 Å². The Morgan fingerprint density at radius 3 is 2.50 bits per heavy atom. The molecule has 8 nitrogen and oxygen atoms in total. The molecule has 3 rings (SSSR count). The molecule has 1 atom stereocenters. The third-order valence-corrected chi connectivity index (χ3v) is 4.60. The van der Waals surface area contributed by atoms with E-state index in [1.807, 2.05) is 12.1 Å². The molecule has 1 amide bonds. The number of carboxylic acid groups (broad SMARTS) is 1. The highest BCUT2D eigenvalue weighted by Crippen LogP contribution is 2.33. The molecular formula is C22H20NO7-. The van der Waals surface area contributed by atoms with Gasteiger partial charge in [-0.2, -0.15) is 0 Å². The number of ether oxygens (including phenoxy) is 2. The number of rotatable bonds is 7. The number of aryl methyl sites for hydroxylation is 1. The van der Waals surface area contributed by atoms with E-state index in [2.05, 4.69) is 5.32 Å². The third-order valence-electron chi connectivity index (χ3n) is 4.60. The first-order valence-electron chi connectivity index (χ1n) is 9.15. The van der Waals surface area contributed by atoms with Crippen molar-refractivity contribution in [3.05, 3.63) is 58.4 Å². The van der Waals surface area contributed by atoms with Crippen LogP contribution in [0.4, 0.5) is 0 Å². The number of benzene rings is 2. The molecule has 8 heteroatoms. The van der Waals surface area contributed by atoms with Crippen LogP contribution in [0.1, 0.15) is 12.5 Å². The van der Waals surface area contributed by atoms with Crippen LogP contribution in [0, 0.1) is 6.92 Å². The van der Waals surface area contributed by atoms with E-state index < -0.39 is 30.2 Å². The predicted octanol–water partition coefficient (Wildman–Crippen LogP) is 1.41. The quantitative estimate of drug-likeness (QED) is 0.585. The van der Waals surface area contributed by atoms with Gasteiger partial charge in [0.1, 0.15) is 17.1 Å². The Labute approximate surface area is 172 Å². The summed E-state index contributed by atoms with van der Waals surface area (Å²) in [6.07, 6.45) is 0. The van der Waals surface area contributed by atoms with Gasteiger partial charge in [-0.05, 0) is 49.2 Å². The van der Waals surface area contributed by atoms with Crippen LogP contribution in [0.15, 0.2) is 51.7 Å². The Bertz CT molecular complexity index is 1150. The van der Waals surface area contributed by atoms with E-state index in [1.54, 1.807) is 38.3 Å². The van der Waals surface area contributed by atoms with Gasteiger partial charge in [0.05, 0.1) is 19.1 Å². The minimum atomic E-state index is -1.39. The van der Waals surface area contributed by atoms with E-state index in [0.29, 0.717) is 33.6 Å². The zero-order chi connectivity index (χ0) is 21.8. The van der Waals surface area contributed by atoms with Gasteiger partial charge >= 0.3 is 5.63 Å². The topological polar surface area (TPSA) is 118 Å². The fourth-order valence-corrected chi connectivity index (χ4v) is 2.99. The van der Waals surface area contributed by atoms with E-state index in [1.165, 1.54) is 13.0 Å². The van der Waals surface area contributed by atoms with E-state index in [4.69, 9.17) is 13.9 Å². The summed E-state index contributed by atoms with van der Waals surface area (Å²) in [4.78, 5) is 34.7. The van der Waals surface area contributed by atoms with E-state index in [-0.39, 0.29) is 0 Å². The van der Waals surface area contributed by atoms with Gasteiger partial charge in [0.15, 0.2) is 6.61 Å². The largest absolute Gasteiger partial charge is 0.548 e. The number of hydrogen-bond acceptors (Lipinski definition) is 7. The van der Waals surface area contributed by atoms with Crippen molar-refractivity contribution in [1.82, 2.24) is 5.32 Å². The predicted molar refractivity (Wildman–Crippen MR) is 107 cm³/mol. The van der Waals surface area contributed by atoms with Crippen LogP contribution in [-0.4, -0.2) is 31.6 Å². The molecule has 0 radical (unpaired) electrons. The molecule has 1 N–H and O–H groups in total. The molecule has 156 valence electrons. The molecule has 1 heterocycles. The number of aliphatic carboxylic acids is 1. The summed E-state index contributed by atoms with van der Waals surface area (Å²) < 4.78 is 16.1. The van der Waals surface area contributed by atoms with Crippen molar-refractivity contribution in [2.45, 2.75) is 19.9 Å². The second kappa shape index (κ2) is 8.69. The van der Waals surface area contributed by atoms with Gasteiger partial charge in [-0.15, -0.1) is 0 Å². The molecule has 1 aromatic heterocycles. The van der Waals surface area contributed by atoms with Gasteiger partial charge in [0.25, 0.3) is 5.91 Å². The summed E-state index contributed by atoms with van der Waals surface area (Å²) in [5, 5.41) is 13.7. The lowest BCUT2D eigenvalue weighted by molar-refractivity contribution is -0.307. The Hall–Kier alpha value is -3.81. The average molecular weight is 410 g/mol. The van der Waals surface area contributed by atoms with Gasteiger partial charge < -0.3 is 29.1 Å². The number of carbonyl (C=O) groups excluding carboxylic acids is 2. The van der Waals surface area contributed by atoms with Crippen molar-refractivity contribution in [1.29, 1.82) is 0 Å². The maximum absolute atomic E-state index is 12.2. The van der Waals surface area contributed by atoms with Crippen LogP contribution < -0.4 is 25.5 Å². The Morgan fingerprint density at radius 2 is 1.87 bits per heavy atom. The lowest BCUT2D eigenvalue weighted by atomic mass is 10.00. The highest BCUT2D eigenvalue weighted by atomic mass is 16.5. The van der Waals surface area contributed by atoms with Gasteiger partial charge in [-0.1, -0.05) is 12.1 Å². The van der Waals surface area contributed by atoms with Crippen LogP contribution in [-0.2, 0) is 9.59 Å². The fraction of sp³-hybridized carbons (Fsp3) is 0.227. The standard InChI is InChI=1S/C22H21NO7/c1-12-18(29-11-19(24)23-13(2)22(26)27)9-8-16-17(10-20(25)30-21(12)16)14-4-6-15(28-3)7-5-14/h4-10,13H,11H2,1-3H3,(H,23,24)(H,26,27)/p-1/t13-/m0/s1. The van der Waals surface area contributed by atoms with Crippen LogP contribution in [0.2, 0.25) is 0 Å². The van der Waals surface area contributed by atoms with Gasteiger partial charge in [0, 0.05) is 17.0 Å². The van der Waals surface area contributed by atoms with Crippen molar-refractivity contribution < 1.29 is 28.6 Å². The molecule has 0 saturated carbocycles. The Kier molecular flexibility index (Phi) is 6.06. The van der Waals surface area contributed by atoms with Crippen LogP contribution in [0.3, 0.4) is 0 Å². The fourth-order valence-electron chi connectivity index (χ4n) is 2.99. The molecule has 3 aromatic rings. The van der Waals surface area contributed by atoms with Gasteiger partial charge in [0.2, 0.25) is 0 Å². The molecule has 0 aliphatic heterocycles. The second-order valence-electron chi connectivity index (χ2n) is 6.67. The number of methoxy groups -OCH3 is 1. The monoisotopic (exact) mass is 410 g/mol. The zero-order valence-electron chi connectivity index (χ0n) is 16.7. The molecule has 0 unspecified atom stereocenters. The van der Waals surface area contributed by atoms with Gasteiger partial charge in [-0.25, -0.2) is 4.79 Å². The van der Waals surface area contributed by atoms with Crippen molar-refractivity contribution in [2.75, 3.05) is 13.7 Å². The summed E-state index contributed by atoms with van der Waals surface area (Å²) >= 11 is 0. The molecule has 30 heavy (non-hydrogen) atoms. The highest BCUT2D eigenvalue weighted by molar-refractivity contribution is 5.95. The maximum Gasteiger partial charge on any atom is 0.336 e. The summed E-state index contributed by atoms with van der Waals surface area (Å²) in [6.45, 7) is 2.61. The zero-order valence-corrected chi connectivity index (χ0v) is 16.7. The molecule has 0 saturated heterocycles. The summed E-state index contributed by atoms with van der Waals surface area (Å²) in [6, 6.07) is 11.0. The number of fused-ring (bicyclic) bond motifs is 1. The number of hydrogen-bond donors (Lipinski definition) is 1. The lowest BCUT2D eigenvalue weighted by Gasteiger charge is -2.16. The molecule has 0 aliphatic rings. The van der Waals surface area contributed by atoms with Crippen LogP contribution in [0.5, 0.6) is 11.5 Å². The minimum Gasteiger partial charge on any atom is -0.548 e.